The van der Waals surface area contributed by atoms with Gasteiger partial charge in [-0.25, -0.2) is 14.2 Å². The van der Waals surface area contributed by atoms with Gasteiger partial charge in [0.1, 0.15) is 29.6 Å². The van der Waals surface area contributed by atoms with Crippen LogP contribution in [0.4, 0.5) is 26.4 Å². The Labute approximate surface area is 211 Å². The van der Waals surface area contributed by atoms with Gasteiger partial charge in [0, 0.05) is 37.1 Å². The van der Waals surface area contributed by atoms with Crippen LogP contribution in [0.3, 0.4) is 0 Å². The molecule has 0 bridgehead atoms. The molecule has 0 aliphatic carbocycles. The summed E-state index contributed by atoms with van der Waals surface area (Å²) in [6, 6.07) is 12.9. The second-order valence-electron chi connectivity index (χ2n) is 8.02. The number of amides is 4. The summed E-state index contributed by atoms with van der Waals surface area (Å²) in [5.41, 5.74) is 0.681. The molecule has 1 aliphatic heterocycles. The van der Waals surface area contributed by atoms with Crippen molar-refractivity contribution < 1.29 is 23.5 Å². The second-order valence-corrected chi connectivity index (χ2v) is 8.43. The lowest BCUT2D eigenvalue weighted by Gasteiger charge is -2.16. The average Bonchev–Trinajstić information content (AvgIpc) is 3.38. The van der Waals surface area contributed by atoms with Crippen LogP contribution >= 0.6 is 11.6 Å². The number of urea groups is 1. The average molecular weight is 512 g/mol. The molecule has 2 aromatic carbocycles. The van der Waals surface area contributed by atoms with Crippen molar-refractivity contribution in [2.45, 2.75) is 19.3 Å². The Morgan fingerprint density at radius 1 is 0.917 bits per heavy atom. The van der Waals surface area contributed by atoms with Crippen LogP contribution in [0.5, 0.6) is 11.5 Å². The minimum Gasteiger partial charge on any atom is -0.457 e. The molecule has 186 valence electrons. The molecule has 1 aromatic heterocycles. The number of rotatable bonds is 7. The first-order valence-corrected chi connectivity index (χ1v) is 11.6. The maximum absolute atomic E-state index is 13.0. The van der Waals surface area contributed by atoms with E-state index in [4.69, 9.17) is 16.3 Å². The Balaban J connectivity index is 1.31. The number of pyridine rings is 1. The molecular formula is C25H23ClFN5O4. The van der Waals surface area contributed by atoms with Crippen LogP contribution in [0.1, 0.15) is 19.3 Å². The lowest BCUT2D eigenvalue weighted by atomic mass is 10.2. The molecule has 1 aliphatic rings. The van der Waals surface area contributed by atoms with Crippen molar-refractivity contribution in [1.82, 2.24) is 9.88 Å². The number of hydrogen-bond donors (Lipinski definition) is 3. The van der Waals surface area contributed by atoms with Crippen molar-refractivity contribution in [3.8, 4) is 11.5 Å². The number of nitrogens with one attached hydrogen (secondary N) is 3. The van der Waals surface area contributed by atoms with Crippen LogP contribution in [0.25, 0.3) is 0 Å². The summed E-state index contributed by atoms with van der Waals surface area (Å²) in [5.74, 6) is -0.361. The highest BCUT2D eigenvalue weighted by molar-refractivity contribution is 6.34. The summed E-state index contributed by atoms with van der Waals surface area (Å²) in [6.07, 6.45) is 3.05. The van der Waals surface area contributed by atoms with Crippen LogP contribution in [0.15, 0.2) is 60.8 Å². The van der Waals surface area contributed by atoms with Crippen LogP contribution < -0.4 is 20.7 Å². The van der Waals surface area contributed by atoms with E-state index in [0.717, 1.165) is 25.9 Å². The highest BCUT2D eigenvalue weighted by Gasteiger charge is 2.18. The molecule has 0 atom stereocenters. The van der Waals surface area contributed by atoms with Crippen LogP contribution in [-0.2, 0) is 9.59 Å². The molecular weight excluding hydrogens is 489 g/mol. The second kappa shape index (κ2) is 11.5. The van der Waals surface area contributed by atoms with E-state index in [1.54, 1.807) is 29.2 Å². The molecule has 1 saturated heterocycles. The molecule has 3 N–H and O–H groups in total. The highest BCUT2D eigenvalue weighted by Crippen LogP contribution is 2.30. The highest BCUT2D eigenvalue weighted by atomic mass is 35.5. The van der Waals surface area contributed by atoms with E-state index < -0.39 is 24.1 Å². The zero-order valence-corrected chi connectivity index (χ0v) is 19.8. The van der Waals surface area contributed by atoms with Gasteiger partial charge in [-0.3, -0.25) is 14.9 Å². The standard InChI is InChI=1S/C25H23ClFN5O4/c26-20-13-18(36-19-9-10-28-22(14-19)31-25(35)32-11-1-2-12-32)7-8-21(20)30-24(34)15-23(33)29-17-5-3-16(27)4-6-17/h3-10,13-14H,1-2,11-12,15H2,(H,29,33)(H,30,34)(H,28,31,35). The molecule has 1 fully saturated rings. The third kappa shape index (κ3) is 6.92. The molecule has 2 heterocycles. The lowest BCUT2D eigenvalue weighted by Crippen LogP contribution is -2.32. The number of likely N-dealkylation sites (tertiary alicyclic amines) is 1. The zero-order chi connectivity index (χ0) is 25.5. The van der Waals surface area contributed by atoms with Gasteiger partial charge in [0.2, 0.25) is 11.8 Å². The molecule has 11 heteroatoms. The maximum Gasteiger partial charge on any atom is 0.323 e. The van der Waals surface area contributed by atoms with E-state index in [1.165, 1.54) is 36.5 Å². The smallest absolute Gasteiger partial charge is 0.323 e. The third-order valence-corrected chi connectivity index (χ3v) is 5.57. The molecule has 9 nitrogen and oxygen atoms in total. The number of aromatic nitrogens is 1. The summed E-state index contributed by atoms with van der Waals surface area (Å²) in [7, 11) is 0. The van der Waals surface area contributed by atoms with Gasteiger partial charge in [0.25, 0.3) is 0 Å². The van der Waals surface area contributed by atoms with E-state index in [1.807, 2.05) is 0 Å². The first-order valence-electron chi connectivity index (χ1n) is 11.2. The fourth-order valence-electron chi connectivity index (χ4n) is 3.53. The third-order valence-electron chi connectivity index (χ3n) is 5.26. The SMILES string of the molecule is O=C(CC(=O)Nc1ccc(Oc2ccnc(NC(=O)N3CCCC3)c2)cc1Cl)Nc1ccc(F)cc1. The first kappa shape index (κ1) is 24.9. The summed E-state index contributed by atoms with van der Waals surface area (Å²) in [5, 5.41) is 8.05. The molecule has 0 spiro atoms. The van der Waals surface area contributed by atoms with Gasteiger partial charge >= 0.3 is 6.03 Å². The normalized spacial score (nSPS) is 12.7. The van der Waals surface area contributed by atoms with Gasteiger partial charge in [-0.05, 0) is 55.3 Å². The van der Waals surface area contributed by atoms with Gasteiger partial charge in [0.15, 0.2) is 0 Å². The summed E-state index contributed by atoms with van der Waals surface area (Å²) in [6.45, 7) is 1.45. The van der Waals surface area contributed by atoms with Gasteiger partial charge in [0.05, 0.1) is 10.7 Å². The predicted molar refractivity (Wildman–Crippen MR) is 134 cm³/mol. The summed E-state index contributed by atoms with van der Waals surface area (Å²) < 4.78 is 18.8. The summed E-state index contributed by atoms with van der Waals surface area (Å²) in [4.78, 5) is 42.5. The van der Waals surface area contributed by atoms with E-state index in [9.17, 15) is 18.8 Å². The van der Waals surface area contributed by atoms with Crippen molar-refractivity contribution in [1.29, 1.82) is 0 Å². The maximum atomic E-state index is 13.0. The number of carbonyl (C=O) groups excluding carboxylic acids is 3. The van der Waals surface area contributed by atoms with Crippen LogP contribution in [-0.4, -0.2) is 40.8 Å². The number of anilines is 3. The van der Waals surface area contributed by atoms with Crippen LogP contribution in [0.2, 0.25) is 5.02 Å². The Bertz CT molecular complexity index is 1270. The van der Waals surface area contributed by atoms with Crippen molar-refractivity contribution in [3.63, 3.8) is 0 Å². The number of benzene rings is 2. The Morgan fingerprint density at radius 2 is 1.61 bits per heavy atom. The van der Waals surface area contributed by atoms with E-state index in [2.05, 4.69) is 20.9 Å². The van der Waals surface area contributed by atoms with Crippen molar-refractivity contribution >= 4 is 46.6 Å². The number of carbonyl (C=O) groups is 3. The Kier molecular flexibility index (Phi) is 7.96. The largest absolute Gasteiger partial charge is 0.457 e. The minimum atomic E-state index is -0.572. The minimum absolute atomic E-state index is 0.202. The van der Waals surface area contributed by atoms with E-state index in [0.29, 0.717) is 28.7 Å². The molecule has 0 saturated carbocycles. The Hall–Kier alpha value is -4.18. The van der Waals surface area contributed by atoms with Crippen LogP contribution in [0, 0.1) is 5.82 Å². The molecule has 4 rings (SSSR count). The van der Waals surface area contributed by atoms with E-state index in [-0.39, 0.29) is 11.1 Å². The molecule has 36 heavy (non-hydrogen) atoms. The number of ether oxygens (including phenoxy) is 1. The number of hydrogen-bond acceptors (Lipinski definition) is 5. The number of nitrogens with zero attached hydrogens (tertiary/aromatic N) is 2. The lowest BCUT2D eigenvalue weighted by molar-refractivity contribution is -0.123. The zero-order valence-electron chi connectivity index (χ0n) is 19.1. The quantitative estimate of drug-likeness (QED) is 0.374. The van der Waals surface area contributed by atoms with Gasteiger partial charge in [-0.15, -0.1) is 0 Å². The predicted octanol–water partition coefficient (Wildman–Crippen LogP) is 5.26. The fraction of sp³-hybridized carbons (Fsp3) is 0.200. The topological polar surface area (TPSA) is 113 Å². The molecule has 0 unspecified atom stereocenters. The number of halogens is 2. The van der Waals surface area contributed by atoms with Gasteiger partial charge in [-0.2, -0.15) is 0 Å². The van der Waals surface area contributed by atoms with E-state index >= 15 is 0 Å². The Morgan fingerprint density at radius 3 is 2.33 bits per heavy atom. The molecule has 4 amide bonds. The van der Waals surface area contributed by atoms with Gasteiger partial charge < -0.3 is 20.3 Å². The van der Waals surface area contributed by atoms with Crippen molar-refractivity contribution in [2.24, 2.45) is 0 Å². The first-order chi connectivity index (χ1) is 17.4. The van der Waals surface area contributed by atoms with Crippen molar-refractivity contribution in [2.75, 3.05) is 29.0 Å². The fourth-order valence-corrected chi connectivity index (χ4v) is 3.75. The summed E-state index contributed by atoms with van der Waals surface area (Å²) >= 11 is 6.29. The molecule has 0 radical (unpaired) electrons. The molecule has 3 aromatic rings. The van der Waals surface area contributed by atoms with Crippen molar-refractivity contribution in [3.05, 3.63) is 71.6 Å². The monoisotopic (exact) mass is 511 g/mol. The van der Waals surface area contributed by atoms with Gasteiger partial charge in [-0.1, -0.05) is 11.6 Å².